The second-order valence-corrected chi connectivity index (χ2v) is 6.53. The van der Waals surface area contributed by atoms with Gasteiger partial charge in [-0.15, -0.1) is 0 Å². The third kappa shape index (κ3) is 3.41. The summed E-state index contributed by atoms with van der Waals surface area (Å²) in [5.41, 5.74) is -0.0894. The molecule has 2 rings (SSSR count). The Labute approximate surface area is 124 Å². The molecule has 0 aromatic heterocycles. The maximum atomic E-state index is 12.8. The Morgan fingerprint density at radius 2 is 2.05 bits per heavy atom. The van der Waals surface area contributed by atoms with Crippen LogP contribution in [-0.4, -0.2) is 39.4 Å². The minimum Gasteiger partial charge on any atom is -0.497 e. The van der Waals surface area contributed by atoms with Gasteiger partial charge in [-0.05, 0) is 18.2 Å². The summed E-state index contributed by atoms with van der Waals surface area (Å²) in [5, 5.41) is 0.814. The molecule has 0 aliphatic carbocycles. The number of alkyl halides is 3. The first-order chi connectivity index (χ1) is 10.1. The van der Waals surface area contributed by atoms with Crippen molar-refractivity contribution in [3.8, 4) is 5.75 Å². The van der Waals surface area contributed by atoms with E-state index in [4.69, 9.17) is 4.74 Å². The number of hydrogen-bond donors (Lipinski definition) is 0. The van der Waals surface area contributed by atoms with Crippen molar-refractivity contribution in [2.75, 3.05) is 17.8 Å². The number of benzene rings is 1. The number of nitrogens with zero attached hydrogens (tertiary/aromatic N) is 1. The number of amides is 1. The highest BCUT2D eigenvalue weighted by molar-refractivity contribution is 7.94. The van der Waals surface area contributed by atoms with Crippen LogP contribution in [0.15, 0.2) is 35.7 Å². The smallest absolute Gasteiger partial charge is 0.471 e. The second kappa shape index (κ2) is 5.64. The van der Waals surface area contributed by atoms with Gasteiger partial charge in [-0.1, -0.05) is 6.07 Å². The fourth-order valence-corrected chi connectivity index (χ4v) is 3.34. The fourth-order valence-electron chi connectivity index (χ4n) is 2.08. The molecule has 0 saturated carbocycles. The van der Waals surface area contributed by atoms with Crippen LogP contribution in [0.4, 0.5) is 18.9 Å². The lowest BCUT2D eigenvalue weighted by Crippen LogP contribution is -2.47. The van der Waals surface area contributed by atoms with Crippen LogP contribution >= 0.6 is 0 Å². The Hall–Kier alpha value is -2.03. The van der Waals surface area contributed by atoms with Gasteiger partial charge in [-0.2, -0.15) is 13.2 Å². The summed E-state index contributed by atoms with van der Waals surface area (Å²) in [6, 6.07) is 4.22. The molecular weight excluding hydrogens is 323 g/mol. The van der Waals surface area contributed by atoms with Gasteiger partial charge in [0.25, 0.3) is 0 Å². The Kier molecular flexibility index (Phi) is 4.19. The van der Waals surface area contributed by atoms with E-state index in [1.807, 2.05) is 0 Å². The number of sulfone groups is 1. The van der Waals surface area contributed by atoms with Crippen LogP contribution in [0, 0.1) is 0 Å². The van der Waals surface area contributed by atoms with Gasteiger partial charge in [0.15, 0.2) is 9.84 Å². The van der Waals surface area contributed by atoms with Gasteiger partial charge in [0.1, 0.15) is 5.75 Å². The number of methoxy groups -OCH3 is 1. The van der Waals surface area contributed by atoms with Crippen LogP contribution in [-0.2, 0) is 14.6 Å². The molecule has 9 heteroatoms. The van der Waals surface area contributed by atoms with Gasteiger partial charge in [-0.25, -0.2) is 8.42 Å². The van der Waals surface area contributed by atoms with Gasteiger partial charge in [0.05, 0.1) is 18.9 Å². The van der Waals surface area contributed by atoms with E-state index >= 15 is 0 Å². The predicted octanol–water partition coefficient (Wildman–Crippen LogP) is 1.90. The lowest BCUT2D eigenvalue weighted by Gasteiger charge is -2.28. The summed E-state index contributed by atoms with van der Waals surface area (Å²) < 4.78 is 66.3. The summed E-state index contributed by atoms with van der Waals surface area (Å²) in [7, 11) is -2.29. The monoisotopic (exact) mass is 335 g/mol. The SMILES string of the molecule is COc1cccc(N(C(=O)C(F)(F)F)[C@@H]2C=CS(=O)(=O)C2)c1. The minimum absolute atomic E-state index is 0.0894. The maximum absolute atomic E-state index is 12.8. The summed E-state index contributed by atoms with van der Waals surface area (Å²) in [5.74, 6) is -2.47. The number of hydrogen-bond acceptors (Lipinski definition) is 4. The molecule has 1 aromatic carbocycles. The molecule has 1 aliphatic heterocycles. The van der Waals surface area contributed by atoms with Crippen LogP contribution < -0.4 is 9.64 Å². The number of ether oxygens (including phenoxy) is 1. The quantitative estimate of drug-likeness (QED) is 0.846. The van der Waals surface area contributed by atoms with E-state index in [2.05, 4.69) is 0 Å². The molecule has 0 spiro atoms. The largest absolute Gasteiger partial charge is 0.497 e. The number of rotatable bonds is 3. The average molecular weight is 335 g/mol. The van der Waals surface area contributed by atoms with Crippen molar-refractivity contribution in [1.29, 1.82) is 0 Å². The van der Waals surface area contributed by atoms with Crippen LogP contribution in [0.25, 0.3) is 0 Å². The zero-order chi connectivity index (χ0) is 16.5. The van der Waals surface area contributed by atoms with E-state index in [-0.39, 0.29) is 11.4 Å². The van der Waals surface area contributed by atoms with Crippen LogP contribution in [0.5, 0.6) is 5.75 Å². The van der Waals surface area contributed by atoms with Crippen molar-refractivity contribution < 1.29 is 31.1 Å². The van der Waals surface area contributed by atoms with Gasteiger partial charge >= 0.3 is 12.1 Å². The van der Waals surface area contributed by atoms with Gasteiger partial charge in [0, 0.05) is 17.2 Å². The second-order valence-electron chi connectivity index (χ2n) is 4.60. The molecule has 22 heavy (non-hydrogen) atoms. The molecule has 0 fully saturated rings. The summed E-state index contributed by atoms with van der Waals surface area (Å²) in [6.07, 6.45) is -4.05. The maximum Gasteiger partial charge on any atom is 0.471 e. The first kappa shape index (κ1) is 16.3. The summed E-state index contributed by atoms with van der Waals surface area (Å²) in [4.78, 5) is 12.1. The first-order valence-corrected chi connectivity index (χ1v) is 7.81. The molecule has 0 saturated heterocycles. The lowest BCUT2D eigenvalue weighted by molar-refractivity contribution is -0.170. The lowest BCUT2D eigenvalue weighted by atomic mass is 10.2. The molecule has 1 atom stereocenters. The van der Waals surface area contributed by atoms with Crippen molar-refractivity contribution in [1.82, 2.24) is 0 Å². The summed E-state index contributed by atoms with van der Waals surface area (Å²) >= 11 is 0. The first-order valence-electron chi connectivity index (χ1n) is 6.09. The Balaban J connectivity index is 2.46. The number of anilines is 1. The zero-order valence-corrected chi connectivity index (χ0v) is 12.2. The molecule has 1 heterocycles. The number of halogens is 3. The molecule has 1 aliphatic rings. The van der Waals surface area contributed by atoms with Crippen LogP contribution in [0.2, 0.25) is 0 Å². The average Bonchev–Trinajstić information content (AvgIpc) is 2.78. The molecule has 0 bridgehead atoms. The van der Waals surface area contributed by atoms with Gasteiger partial charge < -0.3 is 4.74 Å². The Bertz CT molecular complexity index is 712. The highest BCUT2D eigenvalue weighted by Crippen LogP contribution is 2.30. The molecule has 120 valence electrons. The van der Waals surface area contributed by atoms with E-state index in [9.17, 15) is 26.4 Å². The Morgan fingerprint density at radius 3 is 2.55 bits per heavy atom. The standard InChI is InChI=1S/C13H12F3NO4S/c1-21-11-4-2-3-9(7-11)17(12(18)13(14,15)16)10-5-6-22(19,20)8-10/h2-7,10H,8H2,1H3/t10-/m1/s1. The van der Waals surface area contributed by atoms with Crippen LogP contribution in [0.3, 0.4) is 0 Å². The molecule has 0 N–H and O–H groups in total. The Morgan fingerprint density at radius 1 is 1.36 bits per heavy atom. The molecule has 1 amide bonds. The van der Waals surface area contributed by atoms with Crippen molar-refractivity contribution in [3.63, 3.8) is 0 Å². The third-order valence-electron chi connectivity index (χ3n) is 3.04. The van der Waals surface area contributed by atoms with Gasteiger partial charge in [0.2, 0.25) is 0 Å². The molecule has 0 unspecified atom stereocenters. The van der Waals surface area contributed by atoms with E-state index < -0.39 is 33.7 Å². The van der Waals surface area contributed by atoms with E-state index in [1.54, 1.807) is 0 Å². The number of carbonyl (C=O) groups excluding carboxylic acids is 1. The predicted molar refractivity (Wildman–Crippen MR) is 73.2 cm³/mol. The van der Waals surface area contributed by atoms with Crippen molar-refractivity contribution >= 4 is 21.4 Å². The van der Waals surface area contributed by atoms with E-state index in [1.165, 1.54) is 31.4 Å². The number of carbonyl (C=O) groups is 1. The normalized spacial score (nSPS) is 19.9. The molecule has 1 aromatic rings. The summed E-state index contributed by atoms with van der Waals surface area (Å²) in [6.45, 7) is 0. The van der Waals surface area contributed by atoms with Crippen LogP contribution in [0.1, 0.15) is 0 Å². The molecule has 5 nitrogen and oxygen atoms in total. The molecule has 0 radical (unpaired) electrons. The zero-order valence-electron chi connectivity index (χ0n) is 11.4. The minimum atomic E-state index is -5.12. The fraction of sp³-hybridized carbons (Fsp3) is 0.308. The van der Waals surface area contributed by atoms with Crippen molar-refractivity contribution in [2.24, 2.45) is 0 Å². The molecular formula is C13H12F3NO4S. The van der Waals surface area contributed by atoms with Crippen molar-refractivity contribution in [2.45, 2.75) is 12.2 Å². The van der Waals surface area contributed by atoms with E-state index in [0.717, 1.165) is 11.5 Å². The van der Waals surface area contributed by atoms with Crippen molar-refractivity contribution in [3.05, 3.63) is 35.7 Å². The topological polar surface area (TPSA) is 63.7 Å². The highest BCUT2D eigenvalue weighted by atomic mass is 32.2. The third-order valence-corrected chi connectivity index (χ3v) is 4.41. The van der Waals surface area contributed by atoms with Gasteiger partial charge in [-0.3, -0.25) is 9.69 Å². The van der Waals surface area contributed by atoms with E-state index in [0.29, 0.717) is 4.90 Å². The highest BCUT2D eigenvalue weighted by Gasteiger charge is 2.46.